The van der Waals surface area contributed by atoms with Crippen LogP contribution in [0, 0.1) is 0 Å². The van der Waals surface area contributed by atoms with Crippen LogP contribution < -0.4 is 10.1 Å². The second-order valence-corrected chi connectivity index (χ2v) is 6.19. The van der Waals surface area contributed by atoms with E-state index in [4.69, 9.17) is 9.47 Å². The quantitative estimate of drug-likeness (QED) is 0.689. The lowest BCUT2D eigenvalue weighted by atomic mass is 10.2. The number of para-hydroxylation sites is 1. The fourth-order valence-corrected chi connectivity index (χ4v) is 2.94. The van der Waals surface area contributed by atoms with E-state index in [2.05, 4.69) is 37.2 Å². The van der Waals surface area contributed by atoms with Crippen LogP contribution in [-0.4, -0.2) is 26.2 Å². The van der Waals surface area contributed by atoms with Gasteiger partial charge in [0.25, 0.3) is 5.91 Å². The summed E-state index contributed by atoms with van der Waals surface area (Å²) in [5, 5.41) is 2.87. The Kier molecular flexibility index (Phi) is 6.42. The number of anilines is 1. The zero-order valence-corrected chi connectivity index (χ0v) is 15.1. The zero-order valence-electron chi connectivity index (χ0n) is 11.9. The van der Waals surface area contributed by atoms with E-state index in [1.54, 1.807) is 25.3 Å². The van der Waals surface area contributed by atoms with E-state index in [0.717, 1.165) is 8.95 Å². The molecule has 0 aliphatic carbocycles. The molecule has 2 aromatic carbocycles. The summed E-state index contributed by atoms with van der Waals surface area (Å²) in [7, 11) is 1.60. The van der Waals surface area contributed by atoms with Crippen LogP contribution in [0.1, 0.15) is 10.4 Å². The van der Waals surface area contributed by atoms with Crippen molar-refractivity contribution in [3.05, 3.63) is 57.0 Å². The molecular formula is C16H15Br2NO3. The third kappa shape index (κ3) is 4.56. The van der Waals surface area contributed by atoms with Crippen LogP contribution >= 0.6 is 31.9 Å². The highest BCUT2D eigenvalue weighted by molar-refractivity contribution is 9.11. The summed E-state index contributed by atoms with van der Waals surface area (Å²) in [5.74, 6) is 0.307. The van der Waals surface area contributed by atoms with Crippen LogP contribution in [0.4, 0.5) is 5.69 Å². The molecule has 22 heavy (non-hydrogen) atoms. The molecule has 0 radical (unpaired) electrons. The van der Waals surface area contributed by atoms with Crippen LogP contribution in [0.3, 0.4) is 0 Å². The second-order valence-electron chi connectivity index (χ2n) is 4.42. The molecule has 2 aromatic rings. The molecule has 2 rings (SSSR count). The van der Waals surface area contributed by atoms with Crippen molar-refractivity contribution < 1.29 is 14.3 Å². The fraction of sp³-hybridized carbons (Fsp3) is 0.188. The number of halogens is 2. The smallest absolute Gasteiger partial charge is 0.259 e. The Morgan fingerprint density at radius 3 is 2.64 bits per heavy atom. The minimum absolute atomic E-state index is 0.226. The molecule has 1 N–H and O–H groups in total. The van der Waals surface area contributed by atoms with Crippen molar-refractivity contribution in [2.45, 2.75) is 0 Å². The predicted octanol–water partition coefficient (Wildman–Crippen LogP) is 4.49. The first-order chi connectivity index (χ1) is 10.6. The number of ether oxygens (including phenoxy) is 2. The first-order valence-corrected chi connectivity index (χ1v) is 8.17. The predicted molar refractivity (Wildman–Crippen MR) is 93.6 cm³/mol. The summed E-state index contributed by atoms with van der Waals surface area (Å²) < 4.78 is 12.3. The molecule has 4 nitrogen and oxygen atoms in total. The number of hydrogen-bond donors (Lipinski definition) is 1. The molecule has 0 saturated carbocycles. The van der Waals surface area contributed by atoms with Gasteiger partial charge in [-0.3, -0.25) is 4.79 Å². The van der Waals surface area contributed by atoms with E-state index in [0.29, 0.717) is 30.2 Å². The average Bonchev–Trinajstić information content (AvgIpc) is 2.51. The summed E-state index contributed by atoms with van der Waals surface area (Å²) in [5.41, 5.74) is 1.17. The van der Waals surface area contributed by atoms with Crippen molar-refractivity contribution in [1.29, 1.82) is 0 Å². The van der Waals surface area contributed by atoms with Crippen LogP contribution in [0.2, 0.25) is 0 Å². The third-order valence-corrected chi connectivity index (χ3v) is 4.01. The number of rotatable bonds is 6. The number of benzene rings is 2. The maximum Gasteiger partial charge on any atom is 0.259 e. The second kappa shape index (κ2) is 8.31. The lowest BCUT2D eigenvalue weighted by Gasteiger charge is -2.12. The van der Waals surface area contributed by atoms with Crippen molar-refractivity contribution in [1.82, 2.24) is 0 Å². The van der Waals surface area contributed by atoms with Gasteiger partial charge in [-0.15, -0.1) is 0 Å². The molecule has 0 aromatic heterocycles. The Bertz CT molecular complexity index is 662. The van der Waals surface area contributed by atoms with Crippen molar-refractivity contribution in [3.8, 4) is 5.75 Å². The Balaban J connectivity index is 2.15. The molecular weight excluding hydrogens is 414 g/mol. The van der Waals surface area contributed by atoms with E-state index in [-0.39, 0.29) is 5.91 Å². The standard InChI is InChI=1S/C16H15Br2NO3/c1-21-8-9-22-15-5-3-2-4-12(15)16(20)19-14-7-6-11(17)10-13(14)18/h2-7,10H,8-9H2,1H3,(H,19,20). The third-order valence-electron chi connectivity index (χ3n) is 2.86. The van der Waals surface area contributed by atoms with Crippen LogP contribution in [0.25, 0.3) is 0 Å². The Morgan fingerprint density at radius 2 is 1.91 bits per heavy atom. The normalized spacial score (nSPS) is 10.3. The van der Waals surface area contributed by atoms with E-state index in [1.807, 2.05) is 24.3 Å². The molecule has 1 amide bonds. The van der Waals surface area contributed by atoms with Crippen molar-refractivity contribution in [2.75, 3.05) is 25.6 Å². The molecule has 0 aliphatic heterocycles. The van der Waals surface area contributed by atoms with Gasteiger partial charge < -0.3 is 14.8 Å². The first kappa shape index (κ1) is 17.0. The average molecular weight is 429 g/mol. The summed E-state index contributed by atoms with van der Waals surface area (Å²) in [6.45, 7) is 0.858. The maximum absolute atomic E-state index is 12.4. The number of methoxy groups -OCH3 is 1. The maximum atomic E-state index is 12.4. The molecule has 6 heteroatoms. The first-order valence-electron chi connectivity index (χ1n) is 6.59. The lowest BCUT2D eigenvalue weighted by Crippen LogP contribution is -2.15. The molecule has 0 spiro atoms. The number of carbonyl (C=O) groups excluding carboxylic acids is 1. The number of amides is 1. The summed E-state index contributed by atoms with van der Waals surface area (Å²) >= 11 is 6.81. The van der Waals surface area contributed by atoms with E-state index >= 15 is 0 Å². The number of nitrogens with one attached hydrogen (secondary N) is 1. The molecule has 0 bridgehead atoms. The van der Waals surface area contributed by atoms with E-state index < -0.39 is 0 Å². The number of carbonyl (C=O) groups is 1. The SMILES string of the molecule is COCCOc1ccccc1C(=O)Nc1ccc(Br)cc1Br. The van der Waals surface area contributed by atoms with Gasteiger partial charge in [0.1, 0.15) is 12.4 Å². The minimum atomic E-state index is -0.226. The van der Waals surface area contributed by atoms with Crippen LogP contribution in [-0.2, 0) is 4.74 Å². The monoisotopic (exact) mass is 427 g/mol. The minimum Gasteiger partial charge on any atom is -0.490 e. The molecule has 0 heterocycles. The summed E-state index contributed by atoms with van der Waals surface area (Å²) in [6, 6.07) is 12.7. The molecule has 0 aliphatic rings. The molecule has 0 atom stereocenters. The Labute approximate surface area is 146 Å². The van der Waals surface area contributed by atoms with Gasteiger partial charge in [-0.2, -0.15) is 0 Å². The van der Waals surface area contributed by atoms with E-state index in [9.17, 15) is 4.79 Å². The molecule has 116 valence electrons. The Hall–Kier alpha value is -1.37. The molecule has 0 saturated heterocycles. The zero-order chi connectivity index (χ0) is 15.9. The van der Waals surface area contributed by atoms with Crippen LogP contribution in [0.5, 0.6) is 5.75 Å². The van der Waals surface area contributed by atoms with Crippen LogP contribution in [0.15, 0.2) is 51.4 Å². The summed E-state index contributed by atoms with van der Waals surface area (Å²) in [4.78, 5) is 12.4. The van der Waals surface area contributed by atoms with Crippen molar-refractivity contribution >= 4 is 43.5 Å². The van der Waals surface area contributed by atoms with Gasteiger partial charge in [-0.25, -0.2) is 0 Å². The summed E-state index contributed by atoms with van der Waals surface area (Å²) in [6.07, 6.45) is 0. The van der Waals surface area contributed by atoms with Gasteiger partial charge >= 0.3 is 0 Å². The highest BCUT2D eigenvalue weighted by atomic mass is 79.9. The number of hydrogen-bond acceptors (Lipinski definition) is 3. The lowest BCUT2D eigenvalue weighted by molar-refractivity contribution is 0.101. The largest absolute Gasteiger partial charge is 0.490 e. The Morgan fingerprint density at radius 1 is 1.14 bits per heavy atom. The molecule has 0 fully saturated rings. The van der Waals surface area contributed by atoms with E-state index in [1.165, 1.54) is 0 Å². The van der Waals surface area contributed by atoms with Gasteiger partial charge in [0.2, 0.25) is 0 Å². The van der Waals surface area contributed by atoms with Gasteiger partial charge in [0, 0.05) is 16.1 Å². The van der Waals surface area contributed by atoms with Crippen molar-refractivity contribution in [2.24, 2.45) is 0 Å². The van der Waals surface area contributed by atoms with Crippen molar-refractivity contribution in [3.63, 3.8) is 0 Å². The fourth-order valence-electron chi connectivity index (χ4n) is 1.80. The molecule has 0 unspecified atom stereocenters. The highest BCUT2D eigenvalue weighted by Gasteiger charge is 2.13. The van der Waals surface area contributed by atoms with Gasteiger partial charge in [0.05, 0.1) is 17.9 Å². The van der Waals surface area contributed by atoms with Gasteiger partial charge in [0.15, 0.2) is 0 Å². The van der Waals surface area contributed by atoms with Gasteiger partial charge in [-0.05, 0) is 46.3 Å². The highest BCUT2D eigenvalue weighted by Crippen LogP contribution is 2.27. The van der Waals surface area contributed by atoms with Gasteiger partial charge in [-0.1, -0.05) is 28.1 Å². The topological polar surface area (TPSA) is 47.6 Å².